The number of rotatable bonds is 5. The van der Waals surface area contributed by atoms with Crippen molar-refractivity contribution in [1.82, 2.24) is 9.97 Å². The average Bonchev–Trinajstić information content (AvgIpc) is 2.66. The number of carbonyl (C=O) groups excluding carboxylic acids is 1. The number of hydrogen-bond donors (Lipinski definition) is 2. The Hall–Kier alpha value is -2.48. The molecule has 4 aliphatic rings. The highest BCUT2D eigenvalue weighted by Gasteiger charge is 2.54. The first-order chi connectivity index (χ1) is 14.7. The van der Waals surface area contributed by atoms with Crippen molar-refractivity contribution in [2.24, 2.45) is 23.2 Å². The van der Waals surface area contributed by atoms with Crippen LogP contribution >= 0.6 is 0 Å². The van der Waals surface area contributed by atoms with Crippen LogP contribution in [0.15, 0.2) is 35.2 Å². The quantitative estimate of drug-likeness (QED) is 0.730. The van der Waals surface area contributed by atoms with Gasteiger partial charge in [-0.25, -0.2) is 18.4 Å². The molecule has 4 bridgehead atoms. The van der Waals surface area contributed by atoms with Gasteiger partial charge in [-0.2, -0.15) is 0 Å². The normalized spacial score (nSPS) is 29.0. The molecule has 0 aliphatic heterocycles. The van der Waals surface area contributed by atoms with Crippen LogP contribution in [-0.2, 0) is 14.8 Å². The summed E-state index contributed by atoms with van der Waals surface area (Å²) in [7, 11) is -3.78. The molecule has 6 rings (SSSR count). The lowest BCUT2D eigenvalue weighted by atomic mass is 9.49. The Morgan fingerprint density at radius 2 is 1.55 bits per heavy atom. The molecule has 4 saturated carbocycles. The van der Waals surface area contributed by atoms with Crippen molar-refractivity contribution in [3.05, 3.63) is 41.9 Å². The molecule has 1 heterocycles. The summed E-state index contributed by atoms with van der Waals surface area (Å²) in [4.78, 5) is 21.6. The number of nitrogens with zero attached hydrogens (tertiary/aromatic N) is 2. The maximum absolute atomic E-state index is 13.2. The van der Waals surface area contributed by atoms with Crippen LogP contribution in [-0.4, -0.2) is 24.3 Å². The van der Waals surface area contributed by atoms with Crippen molar-refractivity contribution < 1.29 is 13.2 Å². The third kappa shape index (κ3) is 3.93. The molecule has 0 unspecified atom stereocenters. The predicted molar refractivity (Wildman–Crippen MR) is 118 cm³/mol. The number of benzene rings is 1. The van der Waals surface area contributed by atoms with Crippen LogP contribution in [0, 0.1) is 37.0 Å². The molecule has 8 heteroatoms. The third-order valence-corrected chi connectivity index (χ3v) is 8.52. The number of carbonyl (C=O) groups is 1. The molecule has 2 N–H and O–H groups in total. The maximum atomic E-state index is 13.2. The minimum absolute atomic E-state index is 0.104. The lowest BCUT2D eigenvalue weighted by molar-refractivity contribution is -0.140. The summed E-state index contributed by atoms with van der Waals surface area (Å²) in [5.74, 6) is 2.94. The zero-order chi connectivity index (χ0) is 21.8. The number of sulfonamides is 1. The highest BCUT2D eigenvalue weighted by Crippen LogP contribution is 2.60. The van der Waals surface area contributed by atoms with E-state index in [4.69, 9.17) is 0 Å². The van der Waals surface area contributed by atoms with Crippen molar-refractivity contribution >= 4 is 27.4 Å². The molecule has 0 radical (unpaired) electrons. The van der Waals surface area contributed by atoms with Gasteiger partial charge in [0.15, 0.2) is 0 Å². The molecule has 0 saturated heterocycles. The Morgan fingerprint density at radius 1 is 0.968 bits per heavy atom. The van der Waals surface area contributed by atoms with Gasteiger partial charge in [-0.3, -0.25) is 9.52 Å². The first-order valence-corrected chi connectivity index (χ1v) is 12.5. The fourth-order valence-corrected chi connectivity index (χ4v) is 7.33. The second-order valence-corrected chi connectivity index (χ2v) is 11.4. The van der Waals surface area contributed by atoms with E-state index in [1.807, 2.05) is 0 Å². The molecular formula is C23H28N4O3S. The Bertz CT molecular complexity index is 1070. The zero-order valence-electron chi connectivity index (χ0n) is 17.9. The SMILES string of the molecule is Cc1cc(NS(=O)(=O)c2ccc(NC(=O)C34CC5CC(CC(C5)C3)C4)cc2)nc(C)n1. The molecule has 1 aromatic carbocycles. The molecule has 1 amide bonds. The van der Waals surface area contributed by atoms with Gasteiger partial charge < -0.3 is 5.32 Å². The molecule has 0 atom stereocenters. The number of nitrogens with one attached hydrogen (secondary N) is 2. The molecule has 31 heavy (non-hydrogen) atoms. The summed E-state index contributed by atoms with van der Waals surface area (Å²) in [5, 5.41) is 3.07. The van der Waals surface area contributed by atoms with Crippen LogP contribution in [0.2, 0.25) is 0 Å². The minimum Gasteiger partial charge on any atom is -0.326 e. The number of hydrogen-bond acceptors (Lipinski definition) is 5. The zero-order valence-corrected chi connectivity index (χ0v) is 18.7. The number of aromatic nitrogens is 2. The predicted octanol–water partition coefficient (Wildman–Crippen LogP) is 4.05. The molecule has 7 nitrogen and oxygen atoms in total. The van der Waals surface area contributed by atoms with Crippen LogP contribution in [0.3, 0.4) is 0 Å². The summed E-state index contributed by atoms with van der Waals surface area (Å²) >= 11 is 0. The van der Waals surface area contributed by atoms with Gasteiger partial charge in [0.05, 0.1) is 10.3 Å². The van der Waals surface area contributed by atoms with E-state index in [0.717, 1.165) is 19.3 Å². The van der Waals surface area contributed by atoms with Crippen LogP contribution in [0.1, 0.15) is 50.0 Å². The topological polar surface area (TPSA) is 101 Å². The lowest BCUT2D eigenvalue weighted by Gasteiger charge is -2.55. The van der Waals surface area contributed by atoms with Crippen molar-refractivity contribution in [1.29, 1.82) is 0 Å². The molecule has 0 spiro atoms. The van der Waals surface area contributed by atoms with Crippen LogP contribution in [0.5, 0.6) is 0 Å². The van der Waals surface area contributed by atoms with Gasteiger partial charge in [-0.1, -0.05) is 0 Å². The molecule has 1 aromatic heterocycles. The summed E-state index contributed by atoms with van der Waals surface area (Å²) in [6.07, 6.45) is 6.86. The van der Waals surface area contributed by atoms with Gasteiger partial charge >= 0.3 is 0 Å². The van der Waals surface area contributed by atoms with E-state index < -0.39 is 10.0 Å². The van der Waals surface area contributed by atoms with E-state index in [0.29, 0.717) is 35.0 Å². The van der Waals surface area contributed by atoms with Gasteiger partial charge in [0.1, 0.15) is 11.6 Å². The van der Waals surface area contributed by atoms with Crippen molar-refractivity contribution in [2.45, 2.75) is 57.3 Å². The highest BCUT2D eigenvalue weighted by molar-refractivity contribution is 7.92. The van der Waals surface area contributed by atoms with Crippen LogP contribution in [0.25, 0.3) is 0 Å². The fraction of sp³-hybridized carbons (Fsp3) is 0.522. The second-order valence-electron chi connectivity index (χ2n) is 9.72. The lowest BCUT2D eigenvalue weighted by Crippen LogP contribution is -2.51. The van der Waals surface area contributed by atoms with Crippen LogP contribution < -0.4 is 10.0 Å². The number of amides is 1. The Labute approximate surface area is 183 Å². The van der Waals surface area contributed by atoms with Gasteiger partial charge in [-0.15, -0.1) is 0 Å². The number of anilines is 2. The van der Waals surface area contributed by atoms with E-state index >= 15 is 0 Å². The van der Waals surface area contributed by atoms with E-state index in [1.165, 1.54) is 31.4 Å². The van der Waals surface area contributed by atoms with Crippen molar-refractivity contribution in [2.75, 3.05) is 10.0 Å². The Balaban J connectivity index is 1.29. The van der Waals surface area contributed by atoms with Gasteiger partial charge in [0.2, 0.25) is 5.91 Å². The summed E-state index contributed by atoms with van der Waals surface area (Å²) in [5.41, 5.74) is 1.09. The highest BCUT2D eigenvalue weighted by atomic mass is 32.2. The third-order valence-electron chi connectivity index (χ3n) is 7.15. The Kier molecular flexibility index (Phi) is 4.80. The van der Waals surface area contributed by atoms with Gasteiger partial charge in [-0.05, 0) is 94.4 Å². The van der Waals surface area contributed by atoms with Crippen LogP contribution in [0.4, 0.5) is 11.5 Å². The molecule has 4 aliphatic carbocycles. The van der Waals surface area contributed by atoms with Gasteiger partial charge in [0.25, 0.3) is 10.0 Å². The molecular weight excluding hydrogens is 412 g/mol. The first kappa shape index (κ1) is 20.4. The summed E-state index contributed by atoms with van der Waals surface area (Å²) < 4.78 is 28.0. The first-order valence-electron chi connectivity index (χ1n) is 11.0. The maximum Gasteiger partial charge on any atom is 0.263 e. The van der Waals surface area contributed by atoms with Crippen molar-refractivity contribution in [3.63, 3.8) is 0 Å². The average molecular weight is 441 g/mol. The van der Waals surface area contributed by atoms with Gasteiger partial charge in [0, 0.05) is 17.4 Å². The Morgan fingerprint density at radius 3 is 2.10 bits per heavy atom. The summed E-state index contributed by atoms with van der Waals surface area (Å²) in [6, 6.07) is 7.93. The smallest absolute Gasteiger partial charge is 0.263 e. The second kappa shape index (κ2) is 7.29. The summed E-state index contributed by atoms with van der Waals surface area (Å²) in [6.45, 7) is 3.50. The molecule has 4 fully saturated rings. The number of aryl methyl sites for hydroxylation is 2. The standard InChI is InChI=1S/C23H28N4O3S/c1-14-7-21(25-15(2)24-14)27-31(29,30)20-5-3-19(4-6-20)26-22(28)23-11-16-8-17(12-23)10-18(9-16)13-23/h3-7,16-18H,8-13H2,1-2H3,(H,26,28)(H,24,25,27). The molecule has 2 aromatic rings. The fourth-order valence-electron chi connectivity index (χ4n) is 6.34. The minimum atomic E-state index is -3.78. The van der Waals surface area contributed by atoms with E-state index in [1.54, 1.807) is 32.0 Å². The largest absolute Gasteiger partial charge is 0.326 e. The monoisotopic (exact) mass is 440 g/mol. The van der Waals surface area contributed by atoms with E-state index in [-0.39, 0.29) is 22.0 Å². The van der Waals surface area contributed by atoms with E-state index in [9.17, 15) is 13.2 Å². The van der Waals surface area contributed by atoms with Crippen molar-refractivity contribution in [3.8, 4) is 0 Å². The van der Waals surface area contributed by atoms with E-state index in [2.05, 4.69) is 20.0 Å². The molecule has 164 valence electrons.